The Morgan fingerprint density at radius 1 is 1.60 bits per heavy atom. The van der Waals surface area contributed by atoms with E-state index >= 15 is 0 Å². The van der Waals surface area contributed by atoms with Crippen molar-refractivity contribution < 1.29 is 4.42 Å². The van der Waals surface area contributed by atoms with Gasteiger partial charge in [-0.2, -0.15) is 5.10 Å². The molecule has 4 heteroatoms. The predicted octanol–water partition coefficient (Wildman–Crippen LogP) is 0.516. The highest BCUT2D eigenvalue weighted by Gasteiger charge is 1.98. The third-order valence-electron chi connectivity index (χ3n) is 1.29. The topological polar surface area (TPSA) is 58.9 Å². The van der Waals surface area contributed by atoms with Gasteiger partial charge in [-0.25, -0.2) is 5.10 Å². The summed E-state index contributed by atoms with van der Waals surface area (Å²) < 4.78 is 4.92. The number of nitrogens with zero attached hydrogens (tertiary/aromatic N) is 1. The summed E-state index contributed by atoms with van der Waals surface area (Å²) in [5, 5.41) is 6.39. The van der Waals surface area contributed by atoms with Crippen molar-refractivity contribution >= 4 is 11.0 Å². The molecule has 2 rings (SSSR count). The smallest absolute Gasteiger partial charge is 0.275 e. The quantitative estimate of drug-likeness (QED) is 0.574. The number of hydrogen-bond acceptors (Lipinski definition) is 3. The minimum atomic E-state index is -0.216. The number of nitrogens with one attached hydrogen (secondary N) is 1. The van der Waals surface area contributed by atoms with Gasteiger partial charge in [-0.05, 0) is 6.07 Å². The van der Waals surface area contributed by atoms with E-state index in [1.165, 1.54) is 12.5 Å². The summed E-state index contributed by atoms with van der Waals surface area (Å²) >= 11 is 0. The average Bonchev–Trinajstić information content (AvgIpc) is 2.36. The van der Waals surface area contributed by atoms with Crippen LogP contribution in [0.4, 0.5) is 0 Å². The van der Waals surface area contributed by atoms with Crippen molar-refractivity contribution in [1.29, 1.82) is 0 Å². The van der Waals surface area contributed by atoms with Crippen LogP contribution < -0.4 is 5.56 Å². The van der Waals surface area contributed by atoms with Gasteiger partial charge in [-0.1, -0.05) is 0 Å². The lowest BCUT2D eigenvalue weighted by atomic mass is 10.4. The summed E-state index contributed by atoms with van der Waals surface area (Å²) in [5.41, 5.74) is 0.301. The zero-order valence-corrected chi connectivity index (χ0v) is 5.00. The maximum Gasteiger partial charge on any atom is 0.275 e. The molecule has 0 aromatic carbocycles. The molecular weight excluding hydrogens is 132 g/mol. The van der Waals surface area contributed by atoms with Gasteiger partial charge < -0.3 is 4.42 Å². The number of hydrogen-bond donors (Lipinski definition) is 1. The first kappa shape index (κ1) is 5.22. The highest BCUT2D eigenvalue weighted by atomic mass is 16.3. The summed E-state index contributed by atoms with van der Waals surface area (Å²) in [7, 11) is 0. The fourth-order valence-electron chi connectivity index (χ4n) is 0.818. The van der Waals surface area contributed by atoms with Gasteiger partial charge in [0.1, 0.15) is 0 Å². The van der Waals surface area contributed by atoms with Gasteiger partial charge in [0, 0.05) is 0 Å². The van der Waals surface area contributed by atoms with E-state index in [1.807, 2.05) is 0 Å². The molecule has 2 aromatic rings. The number of furan rings is 1. The monoisotopic (exact) mass is 136 g/mol. The molecule has 0 spiro atoms. The molecule has 0 bridgehead atoms. The summed E-state index contributed by atoms with van der Waals surface area (Å²) in [4.78, 5) is 10.9. The second kappa shape index (κ2) is 1.70. The predicted molar refractivity (Wildman–Crippen MR) is 34.6 cm³/mol. The lowest BCUT2D eigenvalue weighted by Gasteiger charge is -1.81. The van der Waals surface area contributed by atoms with E-state index in [0.29, 0.717) is 11.0 Å². The highest BCUT2D eigenvalue weighted by molar-refractivity contribution is 5.74. The second-order valence-corrected chi connectivity index (χ2v) is 1.90. The molecule has 10 heavy (non-hydrogen) atoms. The molecule has 2 aromatic heterocycles. The Morgan fingerprint density at radius 3 is 3.30 bits per heavy atom. The molecule has 0 atom stereocenters. The van der Waals surface area contributed by atoms with Crippen LogP contribution in [0.25, 0.3) is 11.0 Å². The molecule has 0 unspecified atom stereocenters. The average molecular weight is 136 g/mol. The van der Waals surface area contributed by atoms with Crippen molar-refractivity contribution in [2.24, 2.45) is 0 Å². The Kier molecular flexibility index (Phi) is 0.887. The molecule has 4 nitrogen and oxygen atoms in total. The van der Waals surface area contributed by atoms with E-state index < -0.39 is 0 Å². The Morgan fingerprint density at radius 2 is 2.50 bits per heavy atom. The lowest BCUT2D eigenvalue weighted by Crippen LogP contribution is -2.05. The van der Waals surface area contributed by atoms with E-state index in [2.05, 4.69) is 10.2 Å². The number of aromatic nitrogens is 2. The fourth-order valence-corrected chi connectivity index (χ4v) is 0.818. The van der Waals surface area contributed by atoms with Gasteiger partial charge in [-0.3, -0.25) is 4.79 Å². The number of fused-ring (bicyclic) bond motifs is 1. The van der Waals surface area contributed by atoms with E-state index in [9.17, 15) is 4.79 Å². The van der Waals surface area contributed by atoms with Gasteiger partial charge in [0.05, 0.1) is 17.8 Å². The fraction of sp³-hybridized carbons (Fsp3) is 0. The maximum absolute atomic E-state index is 10.9. The van der Waals surface area contributed by atoms with Crippen LogP contribution in [-0.4, -0.2) is 10.2 Å². The van der Waals surface area contributed by atoms with Gasteiger partial charge in [-0.15, -0.1) is 0 Å². The van der Waals surface area contributed by atoms with Crippen molar-refractivity contribution in [3.8, 4) is 0 Å². The maximum atomic E-state index is 10.9. The molecule has 50 valence electrons. The first-order valence-corrected chi connectivity index (χ1v) is 2.79. The van der Waals surface area contributed by atoms with E-state index in [1.54, 1.807) is 6.07 Å². The molecule has 0 aliphatic rings. The third-order valence-corrected chi connectivity index (χ3v) is 1.29. The normalized spacial score (nSPS) is 10.4. The minimum Gasteiger partial charge on any atom is -0.462 e. The Labute approximate surface area is 55.5 Å². The summed E-state index contributed by atoms with van der Waals surface area (Å²) in [6.07, 6.45) is 2.93. The zero-order valence-electron chi connectivity index (χ0n) is 5.00. The van der Waals surface area contributed by atoms with Crippen LogP contribution in [0.15, 0.2) is 27.7 Å². The van der Waals surface area contributed by atoms with Crippen molar-refractivity contribution in [2.45, 2.75) is 0 Å². The van der Waals surface area contributed by atoms with Gasteiger partial charge >= 0.3 is 0 Å². The van der Waals surface area contributed by atoms with Crippen LogP contribution in [0.1, 0.15) is 0 Å². The van der Waals surface area contributed by atoms with Crippen LogP contribution in [0.3, 0.4) is 0 Å². The SMILES string of the molecule is O=c1[nH]ncc2occc12. The molecule has 1 N–H and O–H groups in total. The van der Waals surface area contributed by atoms with Crippen LogP contribution >= 0.6 is 0 Å². The largest absolute Gasteiger partial charge is 0.462 e. The van der Waals surface area contributed by atoms with Crippen LogP contribution in [-0.2, 0) is 0 Å². The first-order valence-electron chi connectivity index (χ1n) is 2.79. The van der Waals surface area contributed by atoms with Crippen LogP contribution in [0.5, 0.6) is 0 Å². The number of aromatic amines is 1. The number of rotatable bonds is 0. The molecule has 0 radical (unpaired) electrons. The molecule has 2 heterocycles. The standard InChI is InChI=1S/C6H4N2O2/c9-6-4-1-2-10-5(4)3-7-8-6/h1-3H,(H,8,9). The Bertz CT molecular complexity index is 401. The summed E-state index contributed by atoms with van der Waals surface area (Å²) in [6.45, 7) is 0. The number of H-pyrrole nitrogens is 1. The summed E-state index contributed by atoms with van der Waals surface area (Å²) in [5.74, 6) is 0. The van der Waals surface area contributed by atoms with Crippen LogP contribution in [0.2, 0.25) is 0 Å². The molecular formula is C6H4N2O2. The van der Waals surface area contributed by atoms with Crippen molar-refractivity contribution in [2.75, 3.05) is 0 Å². The van der Waals surface area contributed by atoms with E-state index in [0.717, 1.165) is 0 Å². The van der Waals surface area contributed by atoms with Crippen molar-refractivity contribution in [3.05, 3.63) is 28.9 Å². The molecule has 0 aliphatic carbocycles. The Hall–Kier alpha value is -1.58. The third kappa shape index (κ3) is 0.556. The van der Waals surface area contributed by atoms with E-state index in [4.69, 9.17) is 4.42 Å². The molecule has 0 saturated heterocycles. The van der Waals surface area contributed by atoms with Gasteiger partial charge in [0.15, 0.2) is 5.58 Å². The van der Waals surface area contributed by atoms with Crippen molar-refractivity contribution in [3.63, 3.8) is 0 Å². The van der Waals surface area contributed by atoms with Crippen LogP contribution in [0, 0.1) is 0 Å². The Balaban J connectivity index is 3.09. The lowest BCUT2D eigenvalue weighted by molar-refractivity contribution is 0.612. The molecule has 0 fully saturated rings. The minimum absolute atomic E-state index is 0.216. The zero-order chi connectivity index (χ0) is 6.97. The van der Waals surface area contributed by atoms with Crippen molar-refractivity contribution in [1.82, 2.24) is 10.2 Å². The van der Waals surface area contributed by atoms with Gasteiger partial charge in [0.25, 0.3) is 5.56 Å². The molecule has 0 saturated carbocycles. The summed E-state index contributed by atoms with van der Waals surface area (Å²) in [6, 6.07) is 1.61. The van der Waals surface area contributed by atoms with Gasteiger partial charge in [0.2, 0.25) is 0 Å². The van der Waals surface area contributed by atoms with E-state index in [-0.39, 0.29) is 5.56 Å². The molecule has 0 amide bonds. The molecule has 0 aliphatic heterocycles. The second-order valence-electron chi connectivity index (χ2n) is 1.90. The first-order chi connectivity index (χ1) is 4.88. The highest BCUT2D eigenvalue weighted by Crippen LogP contribution is 2.06.